The molecule has 0 bridgehead atoms. The molecule has 1 nitrogen and oxygen atoms in total. The first-order chi connectivity index (χ1) is 11.1. The zero-order valence-corrected chi connectivity index (χ0v) is 14.7. The van der Waals surface area contributed by atoms with Crippen molar-refractivity contribution >= 4 is 21.4 Å². The Bertz CT molecular complexity index is 789. The van der Waals surface area contributed by atoms with E-state index >= 15 is 0 Å². The van der Waals surface area contributed by atoms with Crippen molar-refractivity contribution in [3.63, 3.8) is 0 Å². The largest absolute Gasteiger partial charge is 0.309 e. The second kappa shape index (κ2) is 6.81. The van der Waals surface area contributed by atoms with Crippen molar-refractivity contribution in [2.45, 2.75) is 19.3 Å². The highest BCUT2D eigenvalue weighted by Crippen LogP contribution is 2.39. The minimum Gasteiger partial charge on any atom is -0.309 e. The summed E-state index contributed by atoms with van der Waals surface area (Å²) in [6.07, 6.45) is 1.05. The third-order valence-corrected chi connectivity index (χ3v) is 5.55. The van der Waals surface area contributed by atoms with Crippen LogP contribution in [0.25, 0.3) is 10.1 Å². The molecule has 1 heterocycles. The number of hydrogen-bond donors (Lipinski definition) is 0. The standard InChI is InChI=1S/C20H22FNS/c1-14(15-8-10-16(21)11-9-15)20-17-6-4-5-7-18(17)23-19(20)12-13-22(2)3/h4-11,14H,12-13H2,1-3H3. The van der Waals surface area contributed by atoms with Crippen molar-refractivity contribution in [1.29, 1.82) is 0 Å². The zero-order valence-electron chi connectivity index (χ0n) is 13.8. The predicted molar refractivity (Wildman–Crippen MR) is 98.0 cm³/mol. The topological polar surface area (TPSA) is 3.24 Å². The van der Waals surface area contributed by atoms with Crippen molar-refractivity contribution in [2.24, 2.45) is 0 Å². The van der Waals surface area contributed by atoms with Crippen molar-refractivity contribution in [3.05, 3.63) is 70.4 Å². The van der Waals surface area contributed by atoms with E-state index < -0.39 is 0 Å². The van der Waals surface area contributed by atoms with Gasteiger partial charge in [-0.3, -0.25) is 0 Å². The Morgan fingerprint density at radius 2 is 1.74 bits per heavy atom. The molecular weight excluding hydrogens is 305 g/mol. The van der Waals surface area contributed by atoms with Crippen molar-refractivity contribution in [1.82, 2.24) is 4.90 Å². The van der Waals surface area contributed by atoms with Gasteiger partial charge in [-0.05, 0) is 55.2 Å². The highest BCUT2D eigenvalue weighted by atomic mass is 32.1. The van der Waals surface area contributed by atoms with Gasteiger partial charge in [-0.2, -0.15) is 0 Å². The first-order valence-corrected chi connectivity index (χ1v) is 8.78. The predicted octanol–water partition coefficient (Wildman–Crippen LogP) is 5.30. The fraction of sp³-hybridized carbons (Fsp3) is 0.300. The number of halogens is 1. The minimum atomic E-state index is -0.177. The van der Waals surface area contributed by atoms with E-state index in [4.69, 9.17) is 0 Å². The van der Waals surface area contributed by atoms with Crippen molar-refractivity contribution in [2.75, 3.05) is 20.6 Å². The lowest BCUT2D eigenvalue weighted by Crippen LogP contribution is -2.15. The molecule has 120 valence electrons. The molecule has 23 heavy (non-hydrogen) atoms. The van der Waals surface area contributed by atoms with Crippen LogP contribution < -0.4 is 0 Å². The molecule has 2 aromatic carbocycles. The molecule has 3 aromatic rings. The van der Waals surface area contributed by atoms with Crippen LogP contribution in [0.15, 0.2) is 48.5 Å². The lowest BCUT2D eigenvalue weighted by molar-refractivity contribution is 0.414. The zero-order chi connectivity index (χ0) is 16.4. The molecule has 0 aliphatic rings. The van der Waals surface area contributed by atoms with Gasteiger partial charge in [0.05, 0.1) is 0 Å². The molecule has 1 atom stereocenters. The molecular formula is C20H22FNS. The quantitative estimate of drug-likeness (QED) is 0.615. The smallest absolute Gasteiger partial charge is 0.123 e. The molecule has 1 aromatic heterocycles. The summed E-state index contributed by atoms with van der Waals surface area (Å²) in [7, 11) is 4.22. The van der Waals surface area contributed by atoms with Crippen LogP contribution in [0.2, 0.25) is 0 Å². The molecule has 0 saturated heterocycles. The first-order valence-electron chi connectivity index (χ1n) is 7.96. The van der Waals surface area contributed by atoms with E-state index in [1.165, 1.54) is 26.1 Å². The number of nitrogens with zero attached hydrogens (tertiary/aromatic N) is 1. The van der Waals surface area contributed by atoms with Crippen LogP contribution in [0, 0.1) is 5.82 Å². The summed E-state index contributed by atoms with van der Waals surface area (Å²) in [5.74, 6) is 0.0906. The second-order valence-electron chi connectivity index (χ2n) is 6.26. The Morgan fingerprint density at radius 1 is 1.04 bits per heavy atom. The van der Waals surface area contributed by atoms with Gasteiger partial charge in [0.2, 0.25) is 0 Å². The molecule has 3 heteroatoms. The molecule has 1 unspecified atom stereocenters. The van der Waals surface area contributed by atoms with E-state index in [1.54, 1.807) is 12.1 Å². The Hall–Kier alpha value is -1.71. The van der Waals surface area contributed by atoms with Crippen molar-refractivity contribution < 1.29 is 4.39 Å². The fourth-order valence-corrected chi connectivity index (χ4v) is 4.31. The summed E-state index contributed by atoms with van der Waals surface area (Å²) in [6, 6.07) is 15.5. The molecule has 0 N–H and O–H groups in total. The Labute approximate surface area is 141 Å². The molecule has 0 amide bonds. The third kappa shape index (κ3) is 3.46. The maximum absolute atomic E-state index is 13.2. The number of hydrogen-bond acceptors (Lipinski definition) is 2. The minimum absolute atomic E-state index is 0.177. The Kier molecular flexibility index (Phi) is 4.79. The van der Waals surface area contributed by atoms with Gasteiger partial charge in [0.25, 0.3) is 0 Å². The normalized spacial score (nSPS) is 12.9. The maximum Gasteiger partial charge on any atom is 0.123 e. The van der Waals surface area contributed by atoms with E-state index in [0.717, 1.165) is 13.0 Å². The summed E-state index contributed by atoms with van der Waals surface area (Å²) in [5.41, 5.74) is 2.57. The van der Waals surface area contributed by atoms with Gasteiger partial charge < -0.3 is 4.90 Å². The van der Waals surface area contributed by atoms with Gasteiger partial charge in [-0.15, -0.1) is 11.3 Å². The average molecular weight is 327 g/mol. The molecule has 0 aliphatic carbocycles. The highest BCUT2D eigenvalue weighted by molar-refractivity contribution is 7.19. The number of rotatable bonds is 5. The number of benzene rings is 2. The van der Waals surface area contributed by atoms with Gasteiger partial charge in [0.1, 0.15) is 5.82 Å². The van der Waals surface area contributed by atoms with Gasteiger partial charge in [0.15, 0.2) is 0 Å². The van der Waals surface area contributed by atoms with Gasteiger partial charge in [-0.1, -0.05) is 37.3 Å². The van der Waals surface area contributed by atoms with E-state index in [0.29, 0.717) is 0 Å². The van der Waals surface area contributed by atoms with Crippen LogP contribution in [-0.4, -0.2) is 25.5 Å². The Balaban J connectivity index is 2.06. The van der Waals surface area contributed by atoms with Crippen LogP contribution in [0.1, 0.15) is 28.8 Å². The summed E-state index contributed by atoms with van der Waals surface area (Å²) in [4.78, 5) is 3.66. The highest BCUT2D eigenvalue weighted by Gasteiger charge is 2.19. The van der Waals surface area contributed by atoms with Crippen LogP contribution in [0.4, 0.5) is 4.39 Å². The maximum atomic E-state index is 13.2. The van der Waals surface area contributed by atoms with E-state index in [2.05, 4.69) is 50.2 Å². The summed E-state index contributed by atoms with van der Waals surface area (Å²) >= 11 is 1.89. The molecule has 0 radical (unpaired) electrons. The van der Waals surface area contributed by atoms with Gasteiger partial charge >= 0.3 is 0 Å². The lowest BCUT2D eigenvalue weighted by atomic mass is 9.90. The van der Waals surface area contributed by atoms with Crippen LogP contribution >= 0.6 is 11.3 Å². The average Bonchev–Trinajstić information content (AvgIpc) is 2.91. The summed E-state index contributed by atoms with van der Waals surface area (Å²) in [6.45, 7) is 3.26. The molecule has 0 saturated carbocycles. The lowest BCUT2D eigenvalue weighted by Gasteiger charge is -2.16. The molecule has 0 fully saturated rings. The molecule has 0 aliphatic heterocycles. The van der Waals surface area contributed by atoms with Gasteiger partial charge in [-0.25, -0.2) is 4.39 Å². The summed E-state index contributed by atoms with van der Waals surface area (Å²) in [5, 5.41) is 1.34. The first kappa shape index (κ1) is 16.2. The Morgan fingerprint density at radius 3 is 2.43 bits per heavy atom. The molecule has 0 spiro atoms. The van der Waals surface area contributed by atoms with Crippen LogP contribution in [0.5, 0.6) is 0 Å². The molecule has 3 rings (SSSR count). The fourth-order valence-electron chi connectivity index (χ4n) is 3.02. The summed E-state index contributed by atoms with van der Waals surface area (Å²) < 4.78 is 14.6. The number of likely N-dealkylation sites (N-methyl/N-ethyl adjacent to an activating group) is 1. The van der Waals surface area contributed by atoms with Crippen molar-refractivity contribution in [3.8, 4) is 0 Å². The second-order valence-corrected chi connectivity index (χ2v) is 7.40. The van der Waals surface area contributed by atoms with Crippen LogP contribution in [-0.2, 0) is 6.42 Å². The number of thiophene rings is 1. The monoisotopic (exact) mass is 327 g/mol. The SMILES string of the molecule is CC(c1ccc(F)cc1)c1c(CCN(C)C)sc2ccccc12. The van der Waals surface area contributed by atoms with Gasteiger partial charge in [0, 0.05) is 22.0 Å². The van der Waals surface area contributed by atoms with E-state index in [1.807, 2.05) is 23.5 Å². The third-order valence-electron chi connectivity index (χ3n) is 4.30. The van der Waals surface area contributed by atoms with Crippen LogP contribution in [0.3, 0.4) is 0 Å². The van der Waals surface area contributed by atoms with E-state index in [9.17, 15) is 4.39 Å². The van der Waals surface area contributed by atoms with E-state index in [-0.39, 0.29) is 11.7 Å². The number of fused-ring (bicyclic) bond motifs is 1.